The molecule has 3 nitrogen and oxygen atoms in total. The number of β-amino-alcohol motifs (C(OH)–C–C–N with tert-alkyl or cyclic N) is 1. The van der Waals surface area contributed by atoms with E-state index in [0.717, 1.165) is 38.5 Å². The fraction of sp³-hybridized carbons (Fsp3) is 1.00. The molecule has 0 aromatic heterocycles. The van der Waals surface area contributed by atoms with Gasteiger partial charge in [-0.3, -0.25) is 0 Å². The molecule has 1 fully saturated rings. The van der Waals surface area contributed by atoms with Crippen LogP contribution in [-0.2, 0) is 0 Å². The highest BCUT2D eigenvalue weighted by atomic mass is 16.3. The van der Waals surface area contributed by atoms with E-state index in [4.69, 9.17) is 0 Å². The molecule has 1 aliphatic rings. The predicted octanol–water partition coefficient (Wildman–Crippen LogP) is 0.687. The minimum absolute atomic E-state index is 0.127. The highest BCUT2D eigenvalue weighted by Gasteiger charge is 2.23. The second kappa shape index (κ2) is 5.69. The lowest BCUT2D eigenvalue weighted by Crippen LogP contribution is -2.39. The van der Waals surface area contributed by atoms with Crippen molar-refractivity contribution in [2.24, 2.45) is 5.92 Å². The van der Waals surface area contributed by atoms with Gasteiger partial charge in [-0.1, -0.05) is 20.8 Å². The average Bonchev–Trinajstić information content (AvgIpc) is 2.49. The van der Waals surface area contributed by atoms with E-state index in [2.05, 4.69) is 31.0 Å². The zero-order valence-corrected chi connectivity index (χ0v) is 9.66. The van der Waals surface area contributed by atoms with Crippen molar-refractivity contribution in [3.63, 3.8) is 0 Å². The molecule has 84 valence electrons. The van der Waals surface area contributed by atoms with E-state index in [0.29, 0.717) is 6.04 Å². The lowest BCUT2D eigenvalue weighted by molar-refractivity contribution is 0.185. The standard InChI is InChI=1S/C11H24N2O/c1-4-13(7-9(2)3)8-10-5-11(14)6-12-10/h9-12,14H,4-8H2,1-3H3. The van der Waals surface area contributed by atoms with Crippen molar-refractivity contribution < 1.29 is 5.11 Å². The van der Waals surface area contributed by atoms with Gasteiger partial charge in [-0.15, -0.1) is 0 Å². The van der Waals surface area contributed by atoms with Crippen molar-refractivity contribution >= 4 is 0 Å². The molecular formula is C11H24N2O. The second-order valence-electron chi connectivity index (χ2n) is 4.74. The Balaban J connectivity index is 2.26. The molecule has 2 unspecified atom stereocenters. The van der Waals surface area contributed by atoms with Gasteiger partial charge < -0.3 is 15.3 Å². The molecule has 3 heteroatoms. The Morgan fingerprint density at radius 2 is 2.21 bits per heavy atom. The lowest BCUT2D eigenvalue weighted by Gasteiger charge is -2.25. The molecule has 0 amide bonds. The molecule has 0 bridgehead atoms. The number of aliphatic hydroxyl groups excluding tert-OH is 1. The van der Waals surface area contributed by atoms with E-state index in [9.17, 15) is 5.11 Å². The average molecular weight is 200 g/mol. The number of hydrogen-bond donors (Lipinski definition) is 2. The number of rotatable bonds is 5. The van der Waals surface area contributed by atoms with Crippen molar-refractivity contribution in [1.82, 2.24) is 10.2 Å². The molecule has 2 N–H and O–H groups in total. The summed E-state index contributed by atoms with van der Waals surface area (Å²) < 4.78 is 0. The Hall–Kier alpha value is -0.120. The summed E-state index contributed by atoms with van der Waals surface area (Å²) in [6.07, 6.45) is 0.784. The minimum Gasteiger partial charge on any atom is -0.392 e. The summed E-state index contributed by atoms with van der Waals surface area (Å²) in [7, 11) is 0. The van der Waals surface area contributed by atoms with Crippen LogP contribution in [0.25, 0.3) is 0 Å². The van der Waals surface area contributed by atoms with E-state index in [1.54, 1.807) is 0 Å². The van der Waals surface area contributed by atoms with Gasteiger partial charge in [0.1, 0.15) is 0 Å². The van der Waals surface area contributed by atoms with Gasteiger partial charge >= 0.3 is 0 Å². The minimum atomic E-state index is -0.127. The van der Waals surface area contributed by atoms with Crippen molar-refractivity contribution in [3.8, 4) is 0 Å². The zero-order chi connectivity index (χ0) is 10.6. The predicted molar refractivity (Wildman–Crippen MR) is 59.4 cm³/mol. The molecule has 1 saturated heterocycles. The van der Waals surface area contributed by atoms with Crippen LogP contribution < -0.4 is 5.32 Å². The van der Waals surface area contributed by atoms with E-state index in [-0.39, 0.29) is 6.10 Å². The smallest absolute Gasteiger partial charge is 0.0680 e. The first-order valence-electron chi connectivity index (χ1n) is 5.75. The highest BCUT2D eigenvalue weighted by molar-refractivity contribution is 4.83. The number of hydrogen-bond acceptors (Lipinski definition) is 3. The van der Waals surface area contributed by atoms with Crippen LogP contribution >= 0.6 is 0 Å². The summed E-state index contributed by atoms with van der Waals surface area (Å²) in [5, 5.41) is 12.7. The second-order valence-corrected chi connectivity index (χ2v) is 4.74. The van der Waals surface area contributed by atoms with Gasteiger partial charge in [0, 0.05) is 25.7 Å². The zero-order valence-electron chi connectivity index (χ0n) is 9.66. The normalized spacial score (nSPS) is 27.9. The first-order chi connectivity index (χ1) is 6.61. The van der Waals surface area contributed by atoms with Crippen LogP contribution in [0.2, 0.25) is 0 Å². The third-order valence-corrected chi connectivity index (χ3v) is 2.75. The Morgan fingerprint density at radius 3 is 2.64 bits per heavy atom. The maximum Gasteiger partial charge on any atom is 0.0680 e. The Kier molecular flexibility index (Phi) is 4.85. The molecule has 1 heterocycles. The summed E-state index contributed by atoms with van der Waals surface area (Å²) in [5.41, 5.74) is 0. The summed E-state index contributed by atoms with van der Waals surface area (Å²) in [4.78, 5) is 2.46. The third-order valence-electron chi connectivity index (χ3n) is 2.75. The van der Waals surface area contributed by atoms with Gasteiger partial charge in [0.2, 0.25) is 0 Å². The maximum absolute atomic E-state index is 9.39. The molecule has 0 aromatic carbocycles. The van der Waals surface area contributed by atoms with Gasteiger partial charge in [0.05, 0.1) is 6.10 Å². The van der Waals surface area contributed by atoms with E-state index in [1.165, 1.54) is 0 Å². The summed E-state index contributed by atoms with van der Waals surface area (Å²) in [6.45, 7) is 10.8. The van der Waals surface area contributed by atoms with Crippen molar-refractivity contribution in [2.45, 2.75) is 39.3 Å². The van der Waals surface area contributed by atoms with E-state index >= 15 is 0 Å². The molecule has 1 aliphatic heterocycles. The van der Waals surface area contributed by atoms with Gasteiger partial charge in [-0.05, 0) is 18.9 Å². The van der Waals surface area contributed by atoms with Crippen LogP contribution in [-0.4, -0.2) is 48.3 Å². The summed E-state index contributed by atoms with van der Waals surface area (Å²) >= 11 is 0. The molecule has 0 aliphatic carbocycles. The highest BCUT2D eigenvalue weighted by Crippen LogP contribution is 2.09. The number of nitrogens with one attached hydrogen (secondary N) is 1. The first-order valence-corrected chi connectivity index (χ1v) is 5.75. The summed E-state index contributed by atoms with van der Waals surface area (Å²) in [5.74, 6) is 0.723. The van der Waals surface area contributed by atoms with Crippen LogP contribution in [0.1, 0.15) is 27.2 Å². The Bertz CT molecular complexity index is 161. The quantitative estimate of drug-likeness (QED) is 0.685. The molecule has 1 rings (SSSR count). The Morgan fingerprint density at radius 1 is 1.50 bits per heavy atom. The van der Waals surface area contributed by atoms with E-state index < -0.39 is 0 Å². The maximum atomic E-state index is 9.39. The lowest BCUT2D eigenvalue weighted by atomic mass is 10.1. The van der Waals surface area contributed by atoms with Crippen LogP contribution in [0.15, 0.2) is 0 Å². The Labute approximate surface area is 87.5 Å². The van der Waals surface area contributed by atoms with Crippen molar-refractivity contribution in [3.05, 3.63) is 0 Å². The summed E-state index contributed by atoms with van der Waals surface area (Å²) in [6, 6.07) is 0.490. The molecule has 14 heavy (non-hydrogen) atoms. The number of nitrogens with zero attached hydrogens (tertiary/aromatic N) is 1. The van der Waals surface area contributed by atoms with Crippen molar-refractivity contribution in [1.29, 1.82) is 0 Å². The molecule has 0 radical (unpaired) electrons. The monoisotopic (exact) mass is 200 g/mol. The fourth-order valence-corrected chi connectivity index (χ4v) is 2.10. The van der Waals surface area contributed by atoms with Crippen LogP contribution in [0.4, 0.5) is 0 Å². The van der Waals surface area contributed by atoms with Crippen LogP contribution in [0.5, 0.6) is 0 Å². The molecule has 0 spiro atoms. The SMILES string of the molecule is CCN(CC(C)C)CC1CC(O)CN1. The van der Waals surface area contributed by atoms with Crippen molar-refractivity contribution in [2.75, 3.05) is 26.2 Å². The van der Waals surface area contributed by atoms with Gasteiger partial charge in [0.25, 0.3) is 0 Å². The largest absolute Gasteiger partial charge is 0.392 e. The van der Waals surface area contributed by atoms with Gasteiger partial charge in [0.15, 0.2) is 0 Å². The molecule has 0 saturated carbocycles. The molecule has 2 atom stereocenters. The number of likely N-dealkylation sites (N-methyl/N-ethyl adjacent to an activating group) is 1. The van der Waals surface area contributed by atoms with Crippen LogP contribution in [0, 0.1) is 5.92 Å². The third kappa shape index (κ3) is 3.95. The fourth-order valence-electron chi connectivity index (χ4n) is 2.10. The van der Waals surface area contributed by atoms with Gasteiger partial charge in [-0.2, -0.15) is 0 Å². The van der Waals surface area contributed by atoms with Crippen LogP contribution in [0.3, 0.4) is 0 Å². The topological polar surface area (TPSA) is 35.5 Å². The van der Waals surface area contributed by atoms with E-state index in [1.807, 2.05) is 0 Å². The number of aliphatic hydroxyl groups is 1. The van der Waals surface area contributed by atoms with Gasteiger partial charge in [-0.25, -0.2) is 0 Å². The molecule has 0 aromatic rings. The first kappa shape index (κ1) is 12.0. The molecular weight excluding hydrogens is 176 g/mol.